The van der Waals surface area contributed by atoms with Gasteiger partial charge in [-0.05, 0) is 76.4 Å². The van der Waals surface area contributed by atoms with E-state index in [4.69, 9.17) is 4.74 Å². The van der Waals surface area contributed by atoms with Crippen LogP contribution in [-0.4, -0.2) is 56.6 Å². The fourth-order valence-corrected chi connectivity index (χ4v) is 4.52. The fraction of sp³-hybridized carbons (Fsp3) is 0.462. The summed E-state index contributed by atoms with van der Waals surface area (Å²) in [6, 6.07) is 11.7. The first-order chi connectivity index (χ1) is 16.1. The predicted molar refractivity (Wildman–Crippen MR) is 139 cm³/mol. The maximum atomic E-state index is 13.6. The van der Waals surface area contributed by atoms with Crippen LogP contribution in [0, 0.1) is 13.8 Å². The minimum Gasteiger partial charge on any atom is -0.497 e. The number of carbonyl (C=O) groups excluding carboxylic acids is 2. The van der Waals surface area contributed by atoms with Gasteiger partial charge in [0.05, 0.1) is 19.1 Å². The Labute approximate surface area is 209 Å². The number of anilines is 1. The van der Waals surface area contributed by atoms with Crippen LogP contribution in [0.25, 0.3) is 0 Å². The molecule has 0 aliphatic carbocycles. The summed E-state index contributed by atoms with van der Waals surface area (Å²) in [5.41, 5.74) is 2.38. The molecule has 35 heavy (non-hydrogen) atoms. The number of ether oxygens (including phenoxy) is 1. The van der Waals surface area contributed by atoms with Crippen molar-refractivity contribution in [3.63, 3.8) is 0 Å². The molecule has 0 heterocycles. The Balaban J connectivity index is 2.47. The van der Waals surface area contributed by atoms with Crippen molar-refractivity contribution in [3.8, 4) is 5.75 Å². The summed E-state index contributed by atoms with van der Waals surface area (Å²) in [6.45, 7) is 10.6. The molecule has 0 unspecified atom stereocenters. The highest BCUT2D eigenvalue weighted by atomic mass is 32.2. The van der Waals surface area contributed by atoms with E-state index < -0.39 is 34.1 Å². The molecule has 2 aromatic carbocycles. The van der Waals surface area contributed by atoms with Gasteiger partial charge in [0.2, 0.25) is 21.8 Å². The van der Waals surface area contributed by atoms with Crippen molar-refractivity contribution in [3.05, 3.63) is 59.2 Å². The molecule has 2 amide bonds. The highest BCUT2D eigenvalue weighted by Crippen LogP contribution is 2.25. The number of methoxy groups -OCH3 is 1. The third-order valence-electron chi connectivity index (χ3n) is 5.68. The van der Waals surface area contributed by atoms with Crippen molar-refractivity contribution < 1.29 is 22.7 Å². The van der Waals surface area contributed by atoms with Crippen molar-refractivity contribution in [2.75, 3.05) is 24.2 Å². The van der Waals surface area contributed by atoms with Gasteiger partial charge in [-0.1, -0.05) is 24.3 Å². The molecular formula is C26H37N3O5S. The standard InChI is InChI=1S/C26H37N3O5S/c1-18-11-9-14-23(19(18)2)29(35(8,32)33)17-24(30)28(20(3)25(31)27-26(4,5)6)16-21-12-10-13-22(15-21)34-7/h9-15,20H,16-17H2,1-8H3,(H,27,31)/t20-/m1/s1. The average molecular weight is 504 g/mol. The van der Waals surface area contributed by atoms with Gasteiger partial charge >= 0.3 is 0 Å². The second-order valence-corrected chi connectivity index (χ2v) is 11.7. The first-order valence-corrected chi connectivity index (χ1v) is 13.3. The molecule has 1 atom stereocenters. The molecule has 0 aliphatic heterocycles. The molecule has 0 spiro atoms. The molecule has 2 rings (SSSR count). The van der Waals surface area contributed by atoms with Gasteiger partial charge in [-0.3, -0.25) is 13.9 Å². The van der Waals surface area contributed by atoms with E-state index in [0.29, 0.717) is 11.4 Å². The average Bonchev–Trinajstić information content (AvgIpc) is 2.75. The van der Waals surface area contributed by atoms with Gasteiger partial charge in [-0.25, -0.2) is 8.42 Å². The van der Waals surface area contributed by atoms with E-state index in [1.165, 1.54) is 4.90 Å². The predicted octanol–water partition coefficient (Wildman–Crippen LogP) is 3.41. The Morgan fingerprint density at radius 1 is 1.09 bits per heavy atom. The monoisotopic (exact) mass is 503 g/mol. The summed E-state index contributed by atoms with van der Waals surface area (Å²) in [5.74, 6) is -0.197. The lowest BCUT2D eigenvalue weighted by Crippen LogP contribution is -2.54. The van der Waals surface area contributed by atoms with E-state index in [0.717, 1.165) is 27.3 Å². The van der Waals surface area contributed by atoms with Gasteiger partial charge in [0.25, 0.3) is 0 Å². The van der Waals surface area contributed by atoms with E-state index >= 15 is 0 Å². The Hall–Kier alpha value is -3.07. The van der Waals surface area contributed by atoms with Crippen LogP contribution in [-0.2, 0) is 26.2 Å². The fourth-order valence-electron chi connectivity index (χ4n) is 3.62. The van der Waals surface area contributed by atoms with Gasteiger partial charge in [0.1, 0.15) is 18.3 Å². The van der Waals surface area contributed by atoms with Gasteiger partial charge in [0.15, 0.2) is 0 Å². The molecule has 0 saturated heterocycles. The summed E-state index contributed by atoms with van der Waals surface area (Å²) >= 11 is 0. The number of amides is 2. The Kier molecular flexibility index (Phi) is 8.94. The highest BCUT2D eigenvalue weighted by molar-refractivity contribution is 7.92. The van der Waals surface area contributed by atoms with Gasteiger partial charge in [0, 0.05) is 12.1 Å². The number of hydrogen-bond donors (Lipinski definition) is 1. The summed E-state index contributed by atoms with van der Waals surface area (Å²) in [5, 5.41) is 2.91. The molecule has 0 bridgehead atoms. The van der Waals surface area contributed by atoms with Crippen LogP contribution < -0.4 is 14.4 Å². The van der Waals surface area contributed by atoms with E-state index in [1.54, 1.807) is 44.4 Å². The van der Waals surface area contributed by atoms with Gasteiger partial charge in [-0.2, -0.15) is 0 Å². The summed E-state index contributed by atoms with van der Waals surface area (Å²) in [6.07, 6.45) is 1.07. The van der Waals surface area contributed by atoms with E-state index in [9.17, 15) is 18.0 Å². The molecule has 0 fully saturated rings. The molecule has 0 aromatic heterocycles. The number of benzene rings is 2. The number of nitrogens with one attached hydrogen (secondary N) is 1. The zero-order chi connectivity index (χ0) is 26.6. The Bertz CT molecular complexity index is 1170. The second kappa shape index (κ2) is 11.1. The molecule has 1 N–H and O–H groups in total. The van der Waals surface area contributed by atoms with Crippen molar-refractivity contribution in [1.29, 1.82) is 0 Å². The Morgan fingerprint density at radius 3 is 2.29 bits per heavy atom. The lowest BCUT2D eigenvalue weighted by molar-refractivity contribution is -0.140. The van der Waals surface area contributed by atoms with Crippen molar-refractivity contribution >= 4 is 27.5 Å². The molecule has 0 saturated carbocycles. The summed E-state index contributed by atoms with van der Waals surface area (Å²) in [4.78, 5) is 28.1. The van der Waals surface area contributed by atoms with Crippen LogP contribution in [0.3, 0.4) is 0 Å². The quantitative estimate of drug-likeness (QED) is 0.566. The smallest absolute Gasteiger partial charge is 0.244 e. The number of hydrogen-bond acceptors (Lipinski definition) is 5. The molecule has 192 valence electrons. The van der Waals surface area contributed by atoms with Crippen LogP contribution >= 0.6 is 0 Å². The van der Waals surface area contributed by atoms with Crippen LogP contribution in [0.1, 0.15) is 44.4 Å². The maximum Gasteiger partial charge on any atom is 0.244 e. The normalized spacial score (nSPS) is 12.6. The molecule has 0 aliphatic rings. The van der Waals surface area contributed by atoms with Crippen molar-refractivity contribution in [1.82, 2.24) is 10.2 Å². The maximum absolute atomic E-state index is 13.6. The van der Waals surface area contributed by atoms with Crippen LogP contribution in [0.5, 0.6) is 5.75 Å². The SMILES string of the molecule is COc1cccc(CN(C(=O)CN(c2cccc(C)c2C)S(C)(=O)=O)[C@H](C)C(=O)NC(C)(C)C)c1. The third kappa shape index (κ3) is 7.71. The summed E-state index contributed by atoms with van der Waals surface area (Å²) in [7, 11) is -2.23. The zero-order valence-electron chi connectivity index (χ0n) is 21.9. The lowest BCUT2D eigenvalue weighted by atomic mass is 10.1. The second-order valence-electron chi connectivity index (χ2n) is 9.78. The number of rotatable bonds is 9. The van der Waals surface area contributed by atoms with E-state index in [1.807, 2.05) is 46.8 Å². The molecule has 2 aromatic rings. The minimum absolute atomic E-state index is 0.110. The van der Waals surface area contributed by atoms with Crippen LogP contribution in [0.2, 0.25) is 0 Å². The topological polar surface area (TPSA) is 96.0 Å². The lowest BCUT2D eigenvalue weighted by Gasteiger charge is -2.33. The first-order valence-electron chi connectivity index (χ1n) is 11.4. The van der Waals surface area contributed by atoms with Gasteiger partial charge < -0.3 is 15.0 Å². The van der Waals surface area contributed by atoms with Gasteiger partial charge in [-0.15, -0.1) is 0 Å². The van der Waals surface area contributed by atoms with Crippen LogP contribution in [0.4, 0.5) is 5.69 Å². The van der Waals surface area contributed by atoms with Crippen molar-refractivity contribution in [2.45, 2.75) is 59.7 Å². The van der Waals surface area contributed by atoms with E-state index in [-0.39, 0.29) is 12.5 Å². The van der Waals surface area contributed by atoms with Crippen LogP contribution in [0.15, 0.2) is 42.5 Å². The number of aryl methyl sites for hydroxylation is 1. The molecule has 0 radical (unpaired) electrons. The molecular weight excluding hydrogens is 466 g/mol. The Morgan fingerprint density at radius 2 is 1.71 bits per heavy atom. The van der Waals surface area contributed by atoms with E-state index in [2.05, 4.69) is 5.32 Å². The summed E-state index contributed by atoms with van der Waals surface area (Å²) < 4.78 is 31.9. The largest absolute Gasteiger partial charge is 0.497 e. The van der Waals surface area contributed by atoms with Crippen molar-refractivity contribution in [2.24, 2.45) is 0 Å². The highest BCUT2D eigenvalue weighted by Gasteiger charge is 2.31. The zero-order valence-corrected chi connectivity index (χ0v) is 22.7. The number of nitrogens with zero attached hydrogens (tertiary/aromatic N) is 2. The molecule has 8 nitrogen and oxygen atoms in total. The molecule has 9 heteroatoms. The first kappa shape index (κ1) is 28.2. The third-order valence-corrected chi connectivity index (χ3v) is 6.80. The minimum atomic E-state index is -3.78. The number of sulfonamides is 1. The number of carbonyl (C=O) groups is 2.